The van der Waals surface area contributed by atoms with Crippen molar-refractivity contribution in [3.8, 4) is 0 Å². The van der Waals surface area contributed by atoms with Crippen molar-refractivity contribution in [3.05, 3.63) is 18.7 Å². The summed E-state index contributed by atoms with van der Waals surface area (Å²) in [7, 11) is 0. The molecular weight excluding hydrogens is 152 g/mol. The molecule has 0 spiro atoms. The molecule has 0 saturated heterocycles. The number of carbonyl (C=O) groups is 1. The van der Waals surface area contributed by atoms with E-state index in [9.17, 15) is 9.59 Å². The highest BCUT2D eigenvalue weighted by Crippen LogP contribution is 2.23. The highest BCUT2D eigenvalue weighted by Gasteiger charge is 2.22. The average molecular weight is 166 g/mol. The lowest BCUT2D eigenvalue weighted by molar-refractivity contribution is -0.122. The molecule has 2 heteroatoms. The van der Waals surface area contributed by atoms with Crippen LogP contribution in [-0.2, 0) is 9.59 Å². The minimum atomic E-state index is -0.161. The van der Waals surface area contributed by atoms with E-state index in [2.05, 4.69) is 13.2 Å². The Morgan fingerprint density at radius 2 is 2.00 bits per heavy atom. The number of hydrogen-bond donors (Lipinski definition) is 0. The summed E-state index contributed by atoms with van der Waals surface area (Å²) in [6.07, 6.45) is 2.22. The zero-order chi connectivity index (χ0) is 9.56. The Kier molecular flexibility index (Phi) is 4.98. The summed E-state index contributed by atoms with van der Waals surface area (Å²) < 4.78 is 0. The molecule has 1 aliphatic rings. The zero-order valence-corrected chi connectivity index (χ0v) is 7.43. The number of carbonyl (C=O) groups excluding carboxylic acids is 2. The van der Waals surface area contributed by atoms with Crippen LogP contribution in [0.2, 0.25) is 0 Å². The summed E-state index contributed by atoms with van der Waals surface area (Å²) in [5.74, 6) is 1.85. The number of allylic oxidation sites excluding steroid dienone is 1. The first-order chi connectivity index (χ1) is 5.75. The van der Waals surface area contributed by atoms with Gasteiger partial charge in [0.15, 0.2) is 0 Å². The van der Waals surface area contributed by atoms with Crippen LogP contribution < -0.4 is 0 Å². The van der Waals surface area contributed by atoms with Gasteiger partial charge < -0.3 is 0 Å². The van der Waals surface area contributed by atoms with Crippen molar-refractivity contribution in [1.29, 1.82) is 0 Å². The van der Waals surface area contributed by atoms with Crippen molar-refractivity contribution in [2.24, 2.45) is 5.92 Å². The summed E-state index contributed by atoms with van der Waals surface area (Å²) in [5.41, 5.74) is 0.649. The smallest absolute Gasteiger partial charge is 0.140 e. The molecule has 1 atom stereocenters. The largest absolute Gasteiger partial charge is 0.299 e. The summed E-state index contributed by atoms with van der Waals surface area (Å²) >= 11 is 0. The Morgan fingerprint density at radius 3 is 2.42 bits per heavy atom. The van der Waals surface area contributed by atoms with Gasteiger partial charge >= 0.3 is 0 Å². The third-order valence-corrected chi connectivity index (χ3v) is 2.01. The summed E-state index contributed by atoms with van der Waals surface area (Å²) in [4.78, 5) is 21.2. The van der Waals surface area contributed by atoms with E-state index in [-0.39, 0.29) is 11.7 Å². The topological polar surface area (TPSA) is 34.1 Å². The van der Waals surface area contributed by atoms with E-state index in [0.29, 0.717) is 12.0 Å². The van der Waals surface area contributed by atoms with Gasteiger partial charge in [0.1, 0.15) is 11.7 Å². The fourth-order valence-corrected chi connectivity index (χ4v) is 1.22. The molecule has 0 aromatic rings. The molecule has 0 radical (unpaired) electrons. The van der Waals surface area contributed by atoms with Gasteiger partial charge in [0.2, 0.25) is 0 Å². The molecule has 0 bridgehead atoms. The van der Waals surface area contributed by atoms with Gasteiger partial charge in [-0.2, -0.15) is 0 Å². The first-order valence-electron chi connectivity index (χ1n) is 4.02. The SMILES string of the molecule is C=C.CC1C(=O)CCCC1=C=O. The molecule has 1 aliphatic carbocycles. The molecule has 1 saturated carbocycles. The van der Waals surface area contributed by atoms with Crippen LogP contribution >= 0.6 is 0 Å². The van der Waals surface area contributed by atoms with Crippen molar-refractivity contribution in [2.45, 2.75) is 26.2 Å². The second-order valence-electron chi connectivity index (χ2n) is 2.67. The van der Waals surface area contributed by atoms with E-state index in [0.717, 1.165) is 12.8 Å². The first-order valence-corrected chi connectivity index (χ1v) is 4.02. The fraction of sp³-hybridized carbons (Fsp3) is 0.500. The Bertz CT molecular complexity index is 212. The predicted molar refractivity (Wildman–Crippen MR) is 48.5 cm³/mol. The monoisotopic (exact) mass is 166 g/mol. The number of rotatable bonds is 0. The molecule has 2 nitrogen and oxygen atoms in total. The summed E-state index contributed by atoms with van der Waals surface area (Å²) in [6.45, 7) is 7.78. The van der Waals surface area contributed by atoms with Crippen molar-refractivity contribution in [2.75, 3.05) is 0 Å². The van der Waals surface area contributed by atoms with E-state index in [1.165, 1.54) is 0 Å². The van der Waals surface area contributed by atoms with Gasteiger partial charge in [-0.05, 0) is 12.8 Å². The van der Waals surface area contributed by atoms with Crippen LogP contribution in [-0.4, -0.2) is 11.7 Å². The highest BCUT2D eigenvalue weighted by atomic mass is 16.1. The van der Waals surface area contributed by atoms with Crippen LogP contribution in [0.1, 0.15) is 26.2 Å². The van der Waals surface area contributed by atoms with Crippen molar-refractivity contribution < 1.29 is 9.59 Å². The van der Waals surface area contributed by atoms with Gasteiger partial charge in [-0.25, -0.2) is 4.79 Å². The normalized spacial score (nSPS) is 22.2. The predicted octanol–water partition coefficient (Wildman–Crippen LogP) is 1.94. The van der Waals surface area contributed by atoms with E-state index in [1.54, 1.807) is 6.92 Å². The molecule has 0 aromatic carbocycles. The standard InChI is InChI=1S/C8H10O2.C2H4/c1-6-7(5-9)3-2-4-8(6)10;1-2/h6H,2-4H2,1H3;1-2H2. The van der Waals surface area contributed by atoms with Crippen molar-refractivity contribution in [3.63, 3.8) is 0 Å². The third-order valence-electron chi connectivity index (χ3n) is 2.01. The van der Waals surface area contributed by atoms with Gasteiger partial charge in [0.25, 0.3) is 0 Å². The van der Waals surface area contributed by atoms with E-state index in [1.807, 2.05) is 5.94 Å². The maximum absolute atomic E-state index is 11.0. The van der Waals surface area contributed by atoms with E-state index >= 15 is 0 Å². The Balaban J connectivity index is 0.000000561. The molecule has 0 N–H and O–H groups in total. The van der Waals surface area contributed by atoms with Crippen LogP contribution in [0.4, 0.5) is 0 Å². The molecule has 1 fully saturated rings. The van der Waals surface area contributed by atoms with Crippen LogP contribution in [0.3, 0.4) is 0 Å². The third kappa shape index (κ3) is 2.48. The molecule has 0 heterocycles. The molecule has 1 unspecified atom stereocenters. The summed E-state index contributed by atoms with van der Waals surface area (Å²) in [5, 5.41) is 0. The van der Waals surface area contributed by atoms with E-state index < -0.39 is 0 Å². The lowest BCUT2D eigenvalue weighted by Gasteiger charge is -2.16. The quantitative estimate of drug-likeness (QED) is 0.407. The second kappa shape index (κ2) is 5.50. The molecule has 1 rings (SSSR count). The van der Waals surface area contributed by atoms with Gasteiger partial charge in [0, 0.05) is 17.9 Å². The maximum Gasteiger partial charge on any atom is 0.140 e. The van der Waals surface area contributed by atoms with Gasteiger partial charge in [-0.1, -0.05) is 6.92 Å². The Labute approximate surface area is 73.0 Å². The lowest BCUT2D eigenvalue weighted by Crippen LogP contribution is -2.18. The minimum absolute atomic E-state index is 0.161. The minimum Gasteiger partial charge on any atom is -0.299 e. The second-order valence-corrected chi connectivity index (χ2v) is 2.67. The maximum atomic E-state index is 11.0. The van der Waals surface area contributed by atoms with Crippen LogP contribution in [0.15, 0.2) is 18.7 Å². The molecule has 0 amide bonds. The lowest BCUT2D eigenvalue weighted by atomic mass is 9.85. The first kappa shape index (κ1) is 10.9. The zero-order valence-electron chi connectivity index (χ0n) is 7.43. The van der Waals surface area contributed by atoms with Gasteiger partial charge in [0.05, 0.1) is 0 Å². The van der Waals surface area contributed by atoms with Crippen LogP contribution in [0.25, 0.3) is 0 Å². The molecule has 12 heavy (non-hydrogen) atoms. The Morgan fingerprint density at radius 1 is 1.42 bits per heavy atom. The molecule has 0 aromatic heterocycles. The number of Topliss-reactive ketones (excluding diaryl/α,β-unsaturated/α-hetero) is 1. The number of ketones is 1. The van der Waals surface area contributed by atoms with Gasteiger partial charge in [-0.3, -0.25) is 4.79 Å². The highest BCUT2D eigenvalue weighted by molar-refractivity contribution is 5.86. The molecule has 66 valence electrons. The van der Waals surface area contributed by atoms with Crippen molar-refractivity contribution >= 4 is 11.7 Å². The van der Waals surface area contributed by atoms with Crippen LogP contribution in [0.5, 0.6) is 0 Å². The average Bonchev–Trinajstić information content (AvgIpc) is 2.13. The van der Waals surface area contributed by atoms with Gasteiger partial charge in [-0.15, -0.1) is 13.2 Å². The molecular formula is C10H14O2. The van der Waals surface area contributed by atoms with Crippen molar-refractivity contribution in [1.82, 2.24) is 0 Å². The summed E-state index contributed by atoms with van der Waals surface area (Å²) in [6, 6.07) is 0. The molecule has 0 aliphatic heterocycles. The Hall–Kier alpha value is -1.14. The number of hydrogen-bond acceptors (Lipinski definition) is 2. The fourth-order valence-electron chi connectivity index (χ4n) is 1.22. The van der Waals surface area contributed by atoms with E-state index in [4.69, 9.17) is 0 Å². The van der Waals surface area contributed by atoms with Crippen LogP contribution in [0, 0.1) is 5.92 Å².